The molecule has 2 aromatic rings. The molecule has 0 atom stereocenters. The molecule has 0 unspecified atom stereocenters. The van der Waals surface area contributed by atoms with Crippen molar-refractivity contribution >= 4 is 5.82 Å². The highest BCUT2D eigenvalue weighted by Gasteiger charge is 2.03. The standard InChI is InChI=1S/C12H9FN4/c13-11-6-9(7-14)3-4-10(11)8-15-12-2-1-5-16-17-12/h1-6H,8H2,(H,15,17). The van der Waals surface area contributed by atoms with Crippen LogP contribution in [0.3, 0.4) is 0 Å². The van der Waals surface area contributed by atoms with Crippen LogP contribution in [0, 0.1) is 17.1 Å². The number of benzene rings is 1. The highest BCUT2D eigenvalue weighted by Crippen LogP contribution is 2.11. The van der Waals surface area contributed by atoms with E-state index in [-0.39, 0.29) is 0 Å². The summed E-state index contributed by atoms with van der Waals surface area (Å²) in [5, 5.41) is 19.1. The predicted octanol–water partition coefficient (Wildman–Crippen LogP) is 2.10. The molecule has 84 valence electrons. The minimum Gasteiger partial charge on any atom is -0.364 e. The quantitative estimate of drug-likeness (QED) is 0.873. The maximum Gasteiger partial charge on any atom is 0.148 e. The summed E-state index contributed by atoms with van der Waals surface area (Å²) in [6.07, 6.45) is 1.56. The monoisotopic (exact) mass is 228 g/mol. The minimum absolute atomic E-state index is 0.302. The Kier molecular flexibility index (Phi) is 3.26. The van der Waals surface area contributed by atoms with Crippen LogP contribution in [0.4, 0.5) is 10.2 Å². The Morgan fingerprint density at radius 1 is 1.35 bits per heavy atom. The van der Waals surface area contributed by atoms with Gasteiger partial charge < -0.3 is 5.32 Å². The topological polar surface area (TPSA) is 61.6 Å². The van der Waals surface area contributed by atoms with Crippen molar-refractivity contribution in [2.45, 2.75) is 6.54 Å². The van der Waals surface area contributed by atoms with E-state index in [1.165, 1.54) is 6.07 Å². The summed E-state index contributed by atoms with van der Waals surface area (Å²) in [4.78, 5) is 0. The molecule has 0 fully saturated rings. The van der Waals surface area contributed by atoms with Crippen molar-refractivity contribution in [3.63, 3.8) is 0 Å². The molecule has 2 rings (SSSR count). The van der Waals surface area contributed by atoms with Gasteiger partial charge in [-0.2, -0.15) is 10.4 Å². The van der Waals surface area contributed by atoms with Crippen molar-refractivity contribution in [3.8, 4) is 6.07 Å². The van der Waals surface area contributed by atoms with Gasteiger partial charge >= 0.3 is 0 Å². The number of hydrogen-bond acceptors (Lipinski definition) is 4. The molecule has 0 aliphatic carbocycles. The molecule has 0 aliphatic heterocycles. The lowest BCUT2D eigenvalue weighted by atomic mass is 10.1. The summed E-state index contributed by atoms with van der Waals surface area (Å²) in [6.45, 7) is 0.302. The lowest BCUT2D eigenvalue weighted by molar-refractivity contribution is 0.612. The van der Waals surface area contributed by atoms with Crippen LogP contribution in [0.1, 0.15) is 11.1 Å². The zero-order valence-electron chi connectivity index (χ0n) is 8.89. The molecule has 4 nitrogen and oxygen atoms in total. The average molecular weight is 228 g/mol. The number of hydrogen-bond donors (Lipinski definition) is 1. The number of rotatable bonds is 3. The van der Waals surface area contributed by atoms with Crippen LogP contribution in [0.15, 0.2) is 36.5 Å². The van der Waals surface area contributed by atoms with Crippen molar-refractivity contribution in [1.29, 1.82) is 5.26 Å². The second-order valence-electron chi connectivity index (χ2n) is 3.38. The normalized spacial score (nSPS) is 9.65. The lowest BCUT2D eigenvalue weighted by Crippen LogP contribution is -2.03. The van der Waals surface area contributed by atoms with Crippen LogP contribution in [0.25, 0.3) is 0 Å². The van der Waals surface area contributed by atoms with Crippen LogP contribution < -0.4 is 5.32 Å². The Morgan fingerprint density at radius 3 is 2.88 bits per heavy atom. The molecule has 1 aromatic carbocycles. The van der Waals surface area contributed by atoms with Crippen molar-refractivity contribution in [3.05, 3.63) is 53.5 Å². The second-order valence-corrected chi connectivity index (χ2v) is 3.38. The summed E-state index contributed by atoms with van der Waals surface area (Å²) >= 11 is 0. The molecule has 17 heavy (non-hydrogen) atoms. The number of aromatic nitrogens is 2. The molecule has 0 bridgehead atoms. The highest BCUT2D eigenvalue weighted by molar-refractivity contribution is 5.36. The van der Waals surface area contributed by atoms with E-state index in [1.54, 1.807) is 30.5 Å². The summed E-state index contributed by atoms with van der Waals surface area (Å²) in [5.41, 5.74) is 0.792. The smallest absolute Gasteiger partial charge is 0.148 e. The number of nitrogens with zero attached hydrogens (tertiary/aromatic N) is 3. The first-order valence-corrected chi connectivity index (χ1v) is 4.99. The molecule has 1 heterocycles. The van der Waals surface area contributed by atoms with E-state index in [2.05, 4.69) is 15.5 Å². The van der Waals surface area contributed by atoms with E-state index in [9.17, 15) is 4.39 Å². The Balaban J connectivity index is 2.08. The van der Waals surface area contributed by atoms with E-state index in [0.29, 0.717) is 23.5 Å². The van der Waals surface area contributed by atoms with Gasteiger partial charge in [0.2, 0.25) is 0 Å². The fourth-order valence-corrected chi connectivity index (χ4v) is 1.34. The Morgan fingerprint density at radius 2 is 2.24 bits per heavy atom. The van der Waals surface area contributed by atoms with Gasteiger partial charge in [-0.25, -0.2) is 4.39 Å². The van der Waals surface area contributed by atoms with Gasteiger partial charge in [0.05, 0.1) is 11.6 Å². The minimum atomic E-state index is -0.402. The maximum atomic E-state index is 13.5. The fraction of sp³-hybridized carbons (Fsp3) is 0.0833. The molecule has 1 N–H and O–H groups in total. The van der Waals surface area contributed by atoms with Crippen molar-refractivity contribution in [2.24, 2.45) is 0 Å². The third kappa shape index (κ3) is 2.75. The maximum absolute atomic E-state index is 13.5. The zero-order chi connectivity index (χ0) is 12.1. The van der Waals surface area contributed by atoms with Gasteiger partial charge in [-0.15, -0.1) is 5.10 Å². The van der Waals surface area contributed by atoms with E-state index in [4.69, 9.17) is 5.26 Å². The summed E-state index contributed by atoms with van der Waals surface area (Å²) < 4.78 is 13.5. The molecule has 0 saturated carbocycles. The molecule has 0 amide bonds. The van der Waals surface area contributed by atoms with E-state index < -0.39 is 5.82 Å². The SMILES string of the molecule is N#Cc1ccc(CNc2cccnn2)c(F)c1. The van der Waals surface area contributed by atoms with Gasteiger partial charge in [0.1, 0.15) is 11.6 Å². The average Bonchev–Trinajstić information content (AvgIpc) is 2.38. The highest BCUT2D eigenvalue weighted by atomic mass is 19.1. The van der Waals surface area contributed by atoms with Crippen LogP contribution in [-0.4, -0.2) is 10.2 Å². The van der Waals surface area contributed by atoms with E-state index >= 15 is 0 Å². The molecular formula is C12H9FN4. The number of anilines is 1. The van der Waals surface area contributed by atoms with Crippen LogP contribution in [0.5, 0.6) is 0 Å². The van der Waals surface area contributed by atoms with Crippen molar-refractivity contribution in [1.82, 2.24) is 10.2 Å². The summed E-state index contributed by atoms with van der Waals surface area (Å²) in [7, 11) is 0. The van der Waals surface area contributed by atoms with E-state index in [0.717, 1.165) is 0 Å². The third-order valence-electron chi connectivity index (χ3n) is 2.21. The third-order valence-corrected chi connectivity index (χ3v) is 2.21. The Hall–Kier alpha value is -2.48. The Labute approximate surface area is 97.7 Å². The van der Waals surface area contributed by atoms with Crippen molar-refractivity contribution in [2.75, 3.05) is 5.32 Å². The molecular weight excluding hydrogens is 219 g/mol. The van der Waals surface area contributed by atoms with Crippen LogP contribution in [-0.2, 0) is 6.54 Å². The first-order valence-electron chi connectivity index (χ1n) is 4.99. The second kappa shape index (κ2) is 5.03. The predicted molar refractivity (Wildman–Crippen MR) is 60.5 cm³/mol. The molecule has 0 spiro atoms. The summed E-state index contributed by atoms with van der Waals surface area (Å²) in [6, 6.07) is 9.75. The fourth-order valence-electron chi connectivity index (χ4n) is 1.34. The molecule has 1 aromatic heterocycles. The first-order chi connectivity index (χ1) is 8.29. The van der Waals surface area contributed by atoms with Crippen molar-refractivity contribution < 1.29 is 4.39 Å². The molecule has 0 radical (unpaired) electrons. The number of nitrogens with one attached hydrogen (secondary N) is 1. The molecule has 0 aliphatic rings. The van der Waals surface area contributed by atoms with Gasteiger partial charge in [-0.1, -0.05) is 6.07 Å². The number of halogens is 1. The largest absolute Gasteiger partial charge is 0.364 e. The van der Waals surface area contributed by atoms with Crippen LogP contribution in [0.2, 0.25) is 0 Å². The van der Waals surface area contributed by atoms with Crippen LogP contribution >= 0.6 is 0 Å². The van der Waals surface area contributed by atoms with E-state index in [1.807, 2.05) is 6.07 Å². The van der Waals surface area contributed by atoms with Gasteiger partial charge in [0, 0.05) is 18.3 Å². The zero-order valence-corrected chi connectivity index (χ0v) is 8.89. The molecule has 5 heteroatoms. The van der Waals surface area contributed by atoms with Gasteiger partial charge in [-0.3, -0.25) is 0 Å². The number of nitriles is 1. The lowest BCUT2D eigenvalue weighted by Gasteiger charge is -2.05. The molecule has 0 saturated heterocycles. The first kappa shape index (κ1) is 11.0. The Bertz CT molecular complexity index is 548. The summed E-state index contributed by atoms with van der Waals surface area (Å²) in [5.74, 6) is 0.178. The van der Waals surface area contributed by atoms with Gasteiger partial charge in [-0.05, 0) is 24.3 Å². The van der Waals surface area contributed by atoms with Gasteiger partial charge in [0.15, 0.2) is 0 Å². The van der Waals surface area contributed by atoms with Gasteiger partial charge in [0.25, 0.3) is 0 Å².